The minimum atomic E-state index is 1.14. The zero-order valence-electron chi connectivity index (χ0n) is 33.8. The normalized spacial score (nSPS) is 11.9. The molecule has 0 spiro atoms. The van der Waals surface area contributed by atoms with Crippen molar-refractivity contribution in [3.05, 3.63) is 231 Å². The van der Waals surface area contributed by atoms with Gasteiger partial charge < -0.3 is 9.13 Å². The zero-order chi connectivity index (χ0) is 40.7. The molecule has 0 aliphatic heterocycles. The van der Waals surface area contributed by atoms with E-state index in [1.54, 1.807) is 0 Å². The van der Waals surface area contributed by atoms with Crippen molar-refractivity contribution in [2.24, 2.45) is 0 Å². The lowest BCUT2D eigenvalue weighted by Crippen LogP contribution is -1.95. The largest absolute Gasteiger partial charge is 0.309 e. The van der Waals surface area contributed by atoms with Crippen molar-refractivity contribution in [2.75, 3.05) is 0 Å². The molecule has 0 atom stereocenters. The highest BCUT2D eigenvalue weighted by Gasteiger charge is 2.21. The molecule has 13 rings (SSSR count). The van der Waals surface area contributed by atoms with Gasteiger partial charge in [-0.3, -0.25) is 0 Å². The second-order valence-electron chi connectivity index (χ2n) is 16.4. The highest BCUT2D eigenvalue weighted by atomic mass is 15.0. The Morgan fingerprint density at radius 1 is 0.226 bits per heavy atom. The van der Waals surface area contributed by atoms with Crippen molar-refractivity contribution in [1.82, 2.24) is 9.13 Å². The SMILES string of the molecule is c1ccc(-c2c3ccccc3c(-c3ccc(-n4c5ccccc5c5c6ccccc6c(-c6ccc7c(c6)c6ccccc6n7-c6ccccc6)cc54)cc3)c3ccccc23)cc1. The summed E-state index contributed by atoms with van der Waals surface area (Å²) < 4.78 is 4.86. The molecule has 288 valence electrons. The number of hydrogen-bond donors (Lipinski definition) is 0. The molecule has 0 bridgehead atoms. The van der Waals surface area contributed by atoms with Gasteiger partial charge in [-0.05, 0) is 120 Å². The summed E-state index contributed by atoms with van der Waals surface area (Å²) in [6.07, 6.45) is 0. The van der Waals surface area contributed by atoms with Crippen LogP contribution in [0.4, 0.5) is 0 Å². The van der Waals surface area contributed by atoms with E-state index in [1.807, 2.05) is 0 Å². The summed E-state index contributed by atoms with van der Waals surface area (Å²) in [6, 6.07) is 84.7. The zero-order valence-corrected chi connectivity index (χ0v) is 33.8. The Balaban J connectivity index is 1.03. The average Bonchev–Trinajstić information content (AvgIpc) is 3.86. The number of hydrogen-bond acceptors (Lipinski definition) is 0. The Morgan fingerprint density at radius 3 is 1.27 bits per heavy atom. The number of fused-ring (bicyclic) bond motifs is 10. The van der Waals surface area contributed by atoms with Crippen LogP contribution in [0.1, 0.15) is 0 Å². The molecule has 0 aliphatic carbocycles. The van der Waals surface area contributed by atoms with Gasteiger partial charge in [0.1, 0.15) is 0 Å². The third-order valence-electron chi connectivity index (χ3n) is 13.1. The van der Waals surface area contributed by atoms with Gasteiger partial charge in [-0.1, -0.05) is 176 Å². The maximum Gasteiger partial charge on any atom is 0.0553 e. The van der Waals surface area contributed by atoms with Crippen LogP contribution in [0, 0.1) is 0 Å². The quantitative estimate of drug-likeness (QED) is 0.154. The van der Waals surface area contributed by atoms with E-state index in [2.05, 4.69) is 240 Å². The summed E-state index contributed by atoms with van der Waals surface area (Å²) in [5.74, 6) is 0. The van der Waals surface area contributed by atoms with Crippen LogP contribution in [-0.2, 0) is 0 Å². The minimum absolute atomic E-state index is 1.14. The van der Waals surface area contributed by atoms with Crippen molar-refractivity contribution in [3.63, 3.8) is 0 Å². The molecular formula is C60H38N2. The van der Waals surface area contributed by atoms with Crippen molar-refractivity contribution < 1.29 is 0 Å². The summed E-state index contributed by atoms with van der Waals surface area (Å²) in [6.45, 7) is 0. The lowest BCUT2D eigenvalue weighted by molar-refractivity contribution is 1.18. The first-order valence-corrected chi connectivity index (χ1v) is 21.4. The highest BCUT2D eigenvalue weighted by molar-refractivity contribution is 6.25. The Hall–Kier alpha value is -8.20. The molecule has 2 aromatic heterocycles. The molecule has 0 saturated heterocycles. The number of rotatable bonds is 5. The summed E-state index contributed by atoms with van der Waals surface area (Å²) in [4.78, 5) is 0. The number of benzene rings is 11. The maximum atomic E-state index is 2.47. The van der Waals surface area contributed by atoms with Crippen LogP contribution in [0.15, 0.2) is 231 Å². The van der Waals surface area contributed by atoms with Crippen LogP contribution in [0.3, 0.4) is 0 Å². The molecule has 0 amide bonds. The molecule has 0 N–H and O–H groups in total. The summed E-state index contributed by atoms with van der Waals surface area (Å²) >= 11 is 0. The molecule has 11 aromatic carbocycles. The molecule has 0 aliphatic rings. The molecular weight excluding hydrogens is 749 g/mol. The Morgan fingerprint density at radius 2 is 0.645 bits per heavy atom. The molecule has 0 fully saturated rings. The van der Waals surface area contributed by atoms with E-state index in [0.717, 1.165) is 5.69 Å². The van der Waals surface area contributed by atoms with Crippen LogP contribution < -0.4 is 0 Å². The van der Waals surface area contributed by atoms with E-state index in [1.165, 1.54) is 115 Å². The molecule has 2 nitrogen and oxygen atoms in total. The molecule has 2 heterocycles. The van der Waals surface area contributed by atoms with Crippen molar-refractivity contribution in [1.29, 1.82) is 0 Å². The average molecular weight is 787 g/mol. The number of aromatic nitrogens is 2. The van der Waals surface area contributed by atoms with Crippen molar-refractivity contribution >= 4 is 75.9 Å². The summed E-state index contributed by atoms with van der Waals surface area (Å²) in [7, 11) is 0. The molecule has 0 radical (unpaired) electrons. The fraction of sp³-hybridized carbons (Fsp3) is 0. The topological polar surface area (TPSA) is 9.86 Å². The first-order chi connectivity index (χ1) is 30.8. The predicted octanol–water partition coefficient (Wildman–Crippen LogP) is 16.3. The monoisotopic (exact) mass is 786 g/mol. The van der Waals surface area contributed by atoms with E-state index >= 15 is 0 Å². The Labute approximate surface area is 358 Å². The van der Waals surface area contributed by atoms with Crippen LogP contribution in [0.25, 0.3) is 121 Å². The van der Waals surface area contributed by atoms with E-state index < -0.39 is 0 Å². The van der Waals surface area contributed by atoms with Gasteiger partial charge in [0.2, 0.25) is 0 Å². The Kier molecular flexibility index (Phi) is 7.64. The standard InChI is InChI=1S/C60H38N2/c1-3-17-39(18-4-1)58-47-24-9-11-26-49(47)59(50-27-12-10-25-48(50)58)40-31-34-43(35-32-40)62-55-30-16-14-28-51(55)60-46-23-8-7-21-44(46)52(38-57(60)62)41-33-36-56-53(37-41)45-22-13-15-29-54(45)61(56)42-19-5-2-6-20-42/h1-38H. The minimum Gasteiger partial charge on any atom is -0.309 e. The molecule has 13 aromatic rings. The van der Waals surface area contributed by atoms with Gasteiger partial charge in [0.25, 0.3) is 0 Å². The maximum absolute atomic E-state index is 2.47. The second kappa shape index (κ2) is 13.7. The smallest absolute Gasteiger partial charge is 0.0553 e. The van der Waals surface area contributed by atoms with Crippen LogP contribution in [0.5, 0.6) is 0 Å². The third-order valence-corrected chi connectivity index (χ3v) is 13.1. The summed E-state index contributed by atoms with van der Waals surface area (Å²) in [5.41, 5.74) is 14.5. The van der Waals surface area contributed by atoms with Crippen LogP contribution >= 0.6 is 0 Å². The predicted molar refractivity (Wildman–Crippen MR) is 264 cm³/mol. The third kappa shape index (κ3) is 5.11. The van der Waals surface area contributed by atoms with Gasteiger partial charge in [0, 0.05) is 32.9 Å². The fourth-order valence-electron chi connectivity index (χ4n) is 10.5. The van der Waals surface area contributed by atoms with Gasteiger partial charge >= 0.3 is 0 Å². The first-order valence-electron chi connectivity index (χ1n) is 21.4. The fourth-order valence-corrected chi connectivity index (χ4v) is 10.5. The number of nitrogens with zero attached hydrogens (tertiary/aromatic N) is 2. The lowest BCUT2D eigenvalue weighted by Gasteiger charge is -2.18. The van der Waals surface area contributed by atoms with Gasteiger partial charge in [0.15, 0.2) is 0 Å². The highest BCUT2D eigenvalue weighted by Crippen LogP contribution is 2.46. The van der Waals surface area contributed by atoms with Gasteiger partial charge in [-0.2, -0.15) is 0 Å². The van der Waals surface area contributed by atoms with E-state index in [9.17, 15) is 0 Å². The van der Waals surface area contributed by atoms with Gasteiger partial charge in [-0.25, -0.2) is 0 Å². The van der Waals surface area contributed by atoms with Gasteiger partial charge in [-0.15, -0.1) is 0 Å². The summed E-state index contributed by atoms with van der Waals surface area (Å²) in [5, 5.41) is 12.6. The lowest BCUT2D eigenvalue weighted by atomic mass is 9.86. The molecule has 2 heteroatoms. The van der Waals surface area contributed by atoms with E-state index in [-0.39, 0.29) is 0 Å². The molecule has 62 heavy (non-hydrogen) atoms. The Bertz CT molecular complexity index is 3830. The van der Waals surface area contributed by atoms with Crippen molar-refractivity contribution in [2.45, 2.75) is 0 Å². The van der Waals surface area contributed by atoms with Gasteiger partial charge in [0.05, 0.1) is 22.1 Å². The first kappa shape index (κ1) is 34.6. The molecule has 0 unspecified atom stereocenters. The number of para-hydroxylation sites is 3. The van der Waals surface area contributed by atoms with Crippen LogP contribution in [0.2, 0.25) is 0 Å². The molecule has 0 saturated carbocycles. The van der Waals surface area contributed by atoms with E-state index in [4.69, 9.17) is 0 Å². The van der Waals surface area contributed by atoms with E-state index in [0.29, 0.717) is 0 Å². The van der Waals surface area contributed by atoms with Crippen molar-refractivity contribution in [3.8, 4) is 44.8 Å². The second-order valence-corrected chi connectivity index (χ2v) is 16.4. The van der Waals surface area contributed by atoms with Crippen LogP contribution in [-0.4, -0.2) is 9.13 Å².